The Hall–Kier alpha value is -0.680. The molecule has 1 aromatic rings. The Morgan fingerprint density at radius 3 is 2.13 bits per heavy atom. The fourth-order valence-electron chi connectivity index (χ4n) is 1.04. The number of benzene rings is 1. The molecule has 82 valence electrons. The number of Topliss-reactive ketones (excluding diaryl/α,β-unsaturated/α-hetero) is 1. The van der Waals surface area contributed by atoms with E-state index in [-0.39, 0.29) is 5.78 Å². The van der Waals surface area contributed by atoms with E-state index in [1.54, 1.807) is 24.3 Å². The quantitative estimate of drug-likeness (QED) is 0.801. The Labute approximate surface area is 97.5 Å². The Balaban J connectivity index is 3.01. The van der Waals surface area contributed by atoms with Gasteiger partial charge in [0, 0.05) is 16.3 Å². The van der Waals surface area contributed by atoms with Gasteiger partial charge in [-0.3, -0.25) is 4.79 Å². The topological polar surface area (TPSA) is 51.2 Å². The number of hydrogen-bond donors (Lipinski definition) is 0. The maximum absolute atomic E-state index is 11.7. The first-order valence-corrected chi connectivity index (χ1v) is 7.06. The van der Waals surface area contributed by atoms with Crippen LogP contribution in [0.25, 0.3) is 0 Å². The molecule has 0 N–H and O–H groups in total. The largest absolute Gasteiger partial charge is 0.293 e. The number of halogens is 1. The molecule has 0 aliphatic carbocycles. The van der Waals surface area contributed by atoms with E-state index in [4.69, 9.17) is 0 Å². The second kappa shape index (κ2) is 4.45. The van der Waals surface area contributed by atoms with Gasteiger partial charge in [-0.25, -0.2) is 8.42 Å². The van der Waals surface area contributed by atoms with Gasteiger partial charge in [0.15, 0.2) is 15.6 Å². The van der Waals surface area contributed by atoms with Crippen LogP contribution in [0.1, 0.15) is 17.3 Å². The third kappa shape index (κ3) is 3.14. The van der Waals surface area contributed by atoms with Crippen molar-refractivity contribution in [1.29, 1.82) is 0 Å². The van der Waals surface area contributed by atoms with Crippen LogP contribution in [-0.2, 0) is 9.84 Å². The monoisotopic (exact) mass is 290 g/mol. The van der Waals surface area contributed by atoms with Crippen molar-refractivity contribution in [3.8, 4) is 0 Å². The van der Waals surface area contributed by atoms with Crippen LogP contribution in [0.5, 0.6) is 0 Å². The van der Waals surface area contributed by atoms with Gasteiger partial charge in [-0.1, -0.05) is 28.1 Å². The number of rotatable bonds is 3. The molecule has 0 aromatic heterocycles. The number of hydrogen-bond acceptors (Lipinski definition) is 3. The summed E-state index contributed by atoms with van der Waals surface area (Å²) < 4.78 is 23.2. The van der Waals surface area contributed by atoms with Gasteiger partial charge in [-0.05, 0) is 19.1 Å². The van der Waals surface area contributed by atoms with Gasteiger partial charge < -0.3 is 0 Å². The Bertz CT molecular complexity index is 462. The van der Waals surface area contributed by atoms with Crippen molar-refractivity contribution in [2.75, 3.05) is 6.26 Å². The van der Waals surface area contributed by atoms with Gasteiger partial charge in [0.25, 0.3) is 0 Å². The van der Waals surface area contributed by atoms with Gasteiger partial charge in [0.2, 0.25) is 0 Å². The molecule has 0 radical (unpaired) electrons. The fourth-order valence-corrected chi connectivity index (χ4v) is 1.83. The molecule has 15 heavy (non-hydrogen) atoms. The molecule has 0 saturated carbocycles. The van der Waals surface area contributed by atoms with Gasteiger partial charge in [-0.2, -0.15) is 0 Å². The third-order valence-corrected chi connectivity index (χ3v) is 4.17. The number of ketones is 1. The van der Waals surface area contributed by atoms with Crippen molar-refractivity contribution in [2.24, 2.45) is 0 Å². The maximum atomic E-state index is 11.7. The number of sulfone groups is 1. The van der Waals surface area contributed by atoms with Crippen molar-refractivity contribution < 1.29 is 13.2 Å². The Morgan fingerprint density at radius 1 is 1.27 bits per heavy atom. The highest BCUT2D eigenvalue weighted by Gasteiger charge is 2.24. The molecule has 1 unspecified atom stereocenters. The molecule has 0 saturated heterocycles. The summed E-state index contributed by atoms with van der Waals surface area (Å²) in [4.78, 5) is 11.7. The molecule has 0 aliphatic heterocycles. The molecule has 0 spiro atoms. The third-order valence-electron chi connectivity index (χ3n) is 2.14. The fraction of sp³-hybridized carbons (Fsp3) is 0.300. The molecule has 0 aliphatic rings. The van der Waals surface area contributed by atoms with Crippen LogP contribution in [-0.4, -0.2) is 25.7 Å². The predicted molar refractivity (Wildman–Crippen MR) is 62.8 cm³/mol. The van der Waals surface area contributed by atoms with Crippen molar-refractivity contribution in [3.05, 3.63) is 34.3 Å². The average molecular weight is 291 g/mol. The number of carbonyl (C=O) groups is 1. The first kappa shape index (κ1) is 12.4. The summed E-state index contributed by atoms with van der Waals surface area (Å²) >= 11 is 3.24. The molecule has 0 heterocycles. The van der Waals surface area contributed by atoms with Crippen LogP contribution in [0.15, 0.2) is 28.7 Å². The zero-order valence-electron chi connectivity index (χ0n) is 8.40. The van der Waals surface area contributed by atoms with Crippen LogP contribution >= 0.6 is 15.9 Å². The predicted octanol–water partition coefficient (Wildman–Crippen LogP) is 2.06. The van der Waals surface area contributed by atoms with Gasteiger partial charge >= 0.3 is 0 Å². The first-order chi connectivity index (χ1) is 6.82. The normalized spacial score (nSPS) is 13.5. The Kier molecular flexibility index (Phi) is 3.67. The molecule has 0 amide bonds. The minimum Gasteiger partial charge on any atom is -0.293 e. The van der Waals surface area contributed by atoms with Crippen molar-refractivity contribution >= 4 is 31.6 Å². The zero-order valence-corrected chi connectivity index (χ0v) is 10.8. The standard InChI is InChI=1S/C10H11BrO3S/c1-7(15(2,13)14)10(12)8-3-5-9(11)6-4-8/h3-7H,1-2H3. The van der Waals surface area contributed by atoms with Crippen LogP contribution < -0.4 is 0 Å². The minimum absolute atomic E-state index is 0.370. The summed E-state index contributed by atoms with van der Waals surface area (Å²) in [6, 6.07) is 6.63. The van der Waals surface area contributed by atoms with E-state index in [0.29, 0.717) is 5.56 Å². The second-order valence-corrected chi connectivity index (χ2v) is 6.62. The van der Waals surface area contributed by atoms with Crippen LogP contribution in [0.3, 0.4) is 0 Å². The summed E-state index contributed by atoms with van der Waals surface area (Å²) in [5, 5.41) is -0.987. The summed E-state index contributed by atoms with van der Waals surface area (Å²) in [5.41, 5.74) is 0.413. The first-order valence-electron chi connectivity index (χ1n) is 4.31. The highest BCUT2D eigenvalue weighted by atomic mass is 79.9. The van der Waals surface area contributed by atoms with Crippen molar-refractivity contribution in [1.82, 2.24) is 0 Å². The molecular formula is C10H11BrO3S. The smallest absolute Gasteiger partial charge is 0.180 e. The highest BCUT2D eigenvalue weighted by molar-refractivity contribution is 9.10. The van der Waals surface area contributed by atoms with Gasteiger partial charge in [-0.15, -0.1) is 0 Å². The lowest BCUT2D eigenvalue weighted by Gasteiger charge is -2.07. The van der Waals surface area contributed by atoms with E-state index in [0.717, 1.165) is 10.7 Å². The summed E-state index contributed by atoms with van der Waals surface area (Å²) in [7, 11) is -3.32. The van der Waals surface area contributed by atoms with Crippen LogP contribution in [0.2, 0.25) is 0 Å². The molecule has 1 rings (SSSR count). The lowest BCUT2D eigenvalue weighted by molar-refractivity contribution is 0.0991. The van der Waals surface area contributed by atoms with E-state index in [1.165, 1.54) is 6.92 Å². The summed E-state index contributed by atoms with van der Waals surface area (Å²) in [5.74, 6) is -0.370. The zero-order chi connectivity index (χ0) is 11.6. The minimum atomic E-state index is -3.32. The SMILES string of the molecule is CC(C(=O)c1ccc(Br)cc1)S(C)(=O)=O. The van der Waals surface area contributed by atoms with E-state index in [2.05, 4.69) is 15.9 Å². The van der Waals surface area contributed by atoms with Crippen molar-refractivity contribution in [3.63, 3.8) is 0 Å². The molecule has 1 atom stereocenters. The lowest BCUT2D eigenvalue weighted by atomic mass is 10.1. The van der Waals surface area contributed by atoms with Crippen LogP contribution in [0.4, 0.5) is 0 Å². The maximum Gasteiger partial charge on any atom is 0.180 e. The molecule has 0 fully saturated rings. The van der Waals surface area contributed by atoms with Gasteiger partial charge in [0.1, 0.15) is 5.25 Å². The van der Waals surface area contributed by atoms with Crippen LogP contribution in [0, 0.1) is 0 Å². The second-order valence-electron chi connectivity index (χ2n) is 3.34. The van der Waals surface area contributed by atoms with E-state index in [9.17, 15) is 13.2 Å². The molecule has 0 bridgehead atoms. The average Bonchev–Trinajstić information content (AvgIpc) is 2.15. The van der Waals surface area contributed by atoms with Gasteiger partial charge in [0.05, 0.1) is 0 Å². The summed E-state index contributed by atoms with van der Waals surface area (Å²) in [6.07, 6.45) is 1.06. The van der Waals surface area contributed by atoms with E-state index < -0.39 is 15.1 Å². The number of carbonyl (C=O) groups excluding carboxylic acids is 1. The Morgan fingerprint density at radius 2 is 1.73 bits per heavy atom. The lowest BCUT2D eigenvalue weighted by Crippen LogP contribution is -2.26. The molecule has 3 nitrogen and oxygen atoms in total. The van der Waals surface area contributed by atoms with Crippen molar-refractivity contribution in [2.45, 2.75) is 12.2 Å². The molecule has 5 heteroatoms. The highest BCUT2D eigenvalue weighted by Crippen LogP contribution is 2.14. The molecular weight excluding hydrogens is 280 g/mol. The van der Waals surface area contributed by atoms with E-state index in [1.807, 2.05) is 0 Å². The summed E-state index contributed by atoms with van der Waals surface area (Å²) in [6.45, 7) is 1.40. The molecule has 1 aromatic carbocycles. The van der Waals surface area contributed by atoms with E-state index >= 15 is 0 Å².